The molecular weight excluding hydrogens is 513 g/mol. The van der Waals surface area contributed by atoms with E-state index in [0.29, 0.717) is 39.3 Å². The Labute approximate surface area is 228 Å². The third-order valence-electron chi connectivity index (χ3n) is 6.33. The fourth-order valence-electron chi connectivity index (χ4n) is 3.85. The molecule has 0 N–H and O–H groups in total. The number of alkyl halides is 3. The average molecular weight is 549 g/mol. The summed E-state index contributed by atoms with van der Waals surface area (Å²) in [7, 11) is 0. The van der Waals surface area contributed by atoms with Gasteiger partial charge in [0.2, 0.25) is 0 Å². The van der Waals surface area contributed by atoms with Crippen molar-refractivity contribution in [3.8, 4) is 11.5 Å². The minimum Gasteiger partial charge on any atom is -0.489 e. The molecule has 0 radical (unpaired) electrons. The second-order valence-electron chi connectivity index (χ2n) is 10.2. The topological polar surface area (TPSA) is 34.1 Å². The summed E-state index contributed by atoms with van der Waals surface area (Å²) in [4.78, 5) is 5.56. The first-order valence-corrected chi connectivity index (χ1v) is 13.1. The molecule has 1 fully saturated rings. The van der Waals surface area contributed by atoms with Crippen LogP contribution in [0.15, 0.2) is 65.8 Å². The summed E-state index contributed by atoms with van der Waals surface area (Å²) < 4.78 is 53.2. The first-order valence-electron chi connectivity index (χ1n) is 12.8. The number of anilines is 2. The highest BCUT2D eigenvalue weighted by atomic mass is 35.5. The molecule has 0 aromatic heterocycles. The lowest BCUT2D eigenvalue weighted by molar-refractivity contribution is -0.118. The summed E-state index contributed by atoms with van der Waals surface area (Å²) in [5.74, 6) is 1.08. The molecule has 2 aromatic carbocycles. The van der Waals surface area contributed by atoms with Crippen molar-refractivity contribution in [2.75, 3.05) is 18.1 Å². The van der Waals surface area contributed by atoms with Crippen molar-refractivity contribution < 1.29 is 22.6 Å². The van der Waals surface area contributed by atoms with Crippen LogP contribution in [0.2, 0.25) is 5.02 Å². The van der Waals surface area contributed by atoms with Gasteiger partial charge >= 0.3 is 6.18 Å². The second kappa shape index (κ2) is 12.3. The van der Waals surface area contributed by atoms with Crippen molar-refractivity contribution in [1.29, 1.82) is 0 Å². The lowest BCUT2D eigenvalue weighted by atomic mass is 9.81. The third-order valence-corrected chi connectivity index (χ3v) is 6.61. The first-order chi connectivity index (χ1) is 17.8. The molecule has 0 saturated heterocycles. The van der Waals surface area contributed by atoms with Gasteiger partial charge in [0.15, 0.2) is 0 Å². The fraction of sp³-hybridized carbons (Fsp3) is 0.433. The van der Waals surface area contributed by atoms with Gasteiger partial charge in [0.25, 0.3) is 0 Å². The molecule has 206 valence electrons. The molecule has 1 aliphatic carbocycles. The maximum absolute atomic E-state index is 13.8. The standard InChI is InChI=1S/C30H36ClF3N2O2/c1-7-9-21(35-20(3)4)18-37-24-12-10-22(11-13-24)36(19-30(32,33)34)23-16-26(29(5,6)8-2)28(27(31)17-23)38-25-14-15-25/h7,9-13,16-17,25H,3,8,14-15,18-19H2,1-2,4-6H3/b9-7-,35-21?. The monoisotopic (exact) mass is 548 g/mol. The SMILES string of the molecule is C=C(C)N=C(/C=C\C)COc1ccc(N(CC(F)(F)F)c2cc(Cl)c(OC3CC3)c(C(C)(C)CC)c2)cc1. The Bertz CT molecular complexity index is 1180. The minimum absolute atomic E-state index is 0.109. The Balaban J connectivity index is 1.96. The van der Waals surface area contributed by atoms with Crippen LogP contribution in [0.4, 0.5) is 24.5 Å². The summed E-state index contributed by atoms with van der Waals surface area (Å²) in [5.41, 5.74) is 2.52. The highest BCUT2D eigenvalue weighted by Gasteiger charge is 2.35. The summed E-state index contributed by atoms with van der Waals surface area (Å²) in [6.07, 6.45) is 2.02. The molecule has 0 atom stereocenters. The molecule has 0 spiro atoms. The van der Waals surface area contributed by atoms with E-state index in [-0.39, 0.29) is 18.1 Å². The van der Waals surface area contributed by atoms with Crippen LogP contribution in [0.3, 0.4) is 0 Å². The van der Waals surface area contributed by atoms with E-state index >= 15 is 0 Å². The normalized spacial score (nSPS) is 14.6. The van der Waals surface area contributed by atoms with E-state index in [9.17, 15) is 13.2 Å². The predicted molar refractivity (Wildman–Crippen MR) is 150 cm³/mol. The van der Waals surface area contributed by atoms with E-state index in [2.05, 4.69) is 11.6 Å². The average Bonchev–Trinajstić information content (AvgIpc) is 3.66. The van der Waals surface area contributed by atoms with Gasteiger partial charge < -0.3 is 14.4 Å². The summed E-state index contributed by atoms with van der Waals surface area (Å²) in [5, 5.41) is 0.311. The number of benzene rings is 2. The van der Waals surface area contributed by atoms with Crippen molar-refractivity contribution in [3.05, 3.63) is 71.4 Å². The van der Waals surface area contributed by atoms with E-state index in [1.165, 1.54) is 4.90 Å². The number of rotatable bonds is 12. The number of hydrogen-bond acceptors (Lipinski definition) is 4. The van der Waals surface area contributed by atoms with Crippen LogP contribution in [0.5, 0.6) is 11.5 Å². The van der Waals surface area contributed by atoms with Crippen LogP contribution in [0, 0.1) is 0 Å². The Morgan fingerprint density at radius 2 is 1.82 bits per heavy atom. The minimum atomic E-state index is -4.44. The van der Waals surface area contributed by atoms with Gasteiger partial charge in [-0.3, -0.25) is 4.99 Å². The lowest BCUT2D eigenvalue weighted by Gasteiger charge is -2.31. The van der Waals surface area contributed by atoms with Gasteiger partial charge in [0, 0.05) is 22.6 Å². The van der Waals surface area contributed by atoms with Crippen molar-refractivity contribution in [2.45, 2.75) is 71.6 Å². The van der Waals surface area contributed by atoms with Crippen molar-refractivity contribution in [3.63, 3.8) is 0 Å². The summed E-state index contributed by atoms with van der Waals surface area (Å²) >= 11 is 6.65. The number of nitrogens with zero attached hydrogens (tertiary/aromatic N) is 2. The zero-order valence-corrected chi connectivity index (χ0v) is 23.4. The van der Waals surface area contributed by atoms with Gasteiger partial charge in [-0.05, 0) is 81.0 Å². The van der Waals surface area contributed by atoms with Gasteiger partial charge in [-0.15, -0.1) is 0 Å². The van der Waals surface area contributed by atoms with Gasteiger partial charge in [0.1, 0.15) is 24.7 Å². The maximum atomic E-state index is 13.8. The van der Waals surface area contributed by atoms with E-state index in [0.717, 1.165) is 24.8 Å². The van der Waals surface area contributed by atoms with Crippen LogP contribution in [0.25, 0.3) is 0 Å². The molecule has 0 amide bonds. The Hall–Kier alpha value is -2.93. The largest absolute Gasteiger partial charge is 0.489 e. The van der Waals surface area contributed by atoms with Gasteiger partial charge in [0.05, 0.1) is 16.8 Å². The number of halogens is 4. The summed E-state index contributed by atoms with van der Waals surface area (Å²) in [6.45, 7) is 12.6. The molecule has 4 nitrogen and oxygen atoms in total. The van der Waals surface area contributed by atoms with Crippen molar-refractivity contribution in [2.24, 2.45) is 4.99 Å². The van der Waals surface area contributed by atoms with E-state index < -0.39 is 12.7 Å². The molecule has 0 bridgehead atoms. The first kappa shape index (κ1) is 29.6. The maximum Gasteiger partial charge on any atom is 0.406 e. The molecule has 2 aromatic rings. The molecule has 3 rings (SSSR count). The molecule has 0 aliphatic heterocycles. The zero-order chi connectivity index (χ0) is 28.1. The molecule has 1 aliphatic rings. The fourth-order valence-corrected chi connectivity index (χ4v) is 4.10. The number of ether oxygens (including phenoxy) is 2. The predicted octanol–water partition coefficient (Wildman–Crippen LogP) is 9.20. The van der Waals surface area contributed by atoms with Crippen LogP contribution in [-0.4, -0.2) is 31.1 Å². The highest BCUT2D eigenvalue weighted by Crippen LogP contribution is 2.45. The number of aliphatic imine (C=N–C) groups is 1. The second-order valence-corrected chi connectivity index (χ2v) is 10.6. The lowest BCUT2D eigenvalue weighted by Crippen LogP contribution is -2.31. The van der Waals surface area contributed by atoms with Gasteiger partial charge in [-0.1, -0.05) is 45.0 Å². The molecule has 1 saturated carbocycles. The third kappa shape index (κ3) is 8.29. The van der Waals surface area contributed by atoms with E-state index in [4.69, 9.17) is 21.1 Å². The molecule has 0 unspecified atom stereocenters. The highest BCUT2D eigenvalue weighted by molar-refractivity contribution is 6.32. The Morgan fingerprint density at radius 3 is 2.34 bits per heavy atom. The molecular formula is C30H36ClF3N2O2. The van der Waals surface area contributed by atoms with Gasteiger partial charge in [-0.25, -0.2) is 0 Å². The molecule has 0 heterocycles. The van der Waals surface area contributed by atoms with Crippen LogP contribution < -0.4 is 14.4 Å². The van der Waals surface area contributed by atoms with Gasteiger partial charge in [-0.2, -0.15) is 13.2 Å². The molecule has 8 heteroatoms. The van der Waals surface area contributed by atoms with E-state index in [1.807, 2.05) is 39.8 Å². The van der Waals surface area contributed by atoms with Crippen molar-refractivity contribution >= 4 is 28.7 Å². The smallest absolute Gasteiger partial charge is 0.406 e. The quantitative estimate of drug-likeness (QED) is 0.248. The van der Waals surface area contributed by atoms with Crippen molar-refractivity contribution in [1.82, 2.24) is 0 Å². The summed E-state index contributed by atoms with van der Waals surface area (Å²) in [6, 6.07) is 9.85. The van der Waals surface area contributed by atoms with E-state index in [1.54, 1.807) is 43.3 Å². The Kier molecular flexibility index (Phi) is 9.58. The van der Waals surface area contributed by atoms with Crippen LogP contribution in [-0.2, 0) is 5.41 Å². The number of hydrogen-bond donors (Lipinski definition) is 0. The molecule has 38 heavy (non-hydrogen) atoms. The zero-order valence-electron chi connectivity index (χ0n) is 22.7. The van der Waals surface area contributed by atoms with Crippen LogP contribution >= 0.6 is 11.6 Å². The number of allylic oxidation sites excluding steroid dienone is 2. The Morgan fingerprint density at radius 1 is 1.16 bits per heavy atom. The van der Waals surface area contributed by atoms with Crippen LogP contribution in [0.1, 0.15) is 59.4 Å².